The maximum absolute atomic E-state index is 12.4. The Balaban J connectivity index is 1.66. The van der Waals surface area contributed by atoms with Gasteiger partial charge in [-0.3, -0.25) is 4.68 Å². The molecule has 0 spiro atoms. The Kier molecular flexibility index (Phi) is 5.05. The largest absolute Gasteiger partial charge is 0.379 e. The Bertz CT molecular complexity index is 622. The molecule has 130 valence electrons. The minimum atomic E-state index is -3.42. The predicted molar refractivity (Wildman–Crippen MR) is 87.1 cm³/mol. The summed E-state index contributed by atoms with van der Waals surface area (Å²) in [5, 5.41) is 4.35. The minimum Gasteiger partial charge on any atom is -0.379 e. The van der Waals surface area contributed by atoms with Crippen LogP contribution >= 0.6 is 0 Å². The van der Waals surface area contributed by atoms with E-state index in [-0.39, 0.29) is 6.04 Å². The molecule has 1 aromatic heterocycles. The lowest BCUT2D eigenvalue weighted by Gasteiger charge is -2.34. The lowest BCUT2D eigenvalue weighted by atomic mass is 10.1. The third-order valence-electron chi connectivity index (χ3n) is 4.78. The van der Waals surface area contributed by atoms with Gasteiger partial charge in [0.05, 0.1) is 24.9 Å². The van der Waals surface area contributed by atoms with Crippen molar-refractivity contribution in [3.05, 3.63) is 18.0 Å². The molecule has 1 aliphatic carbocycles. The summed E-state index contributed by atoms with van der Waals surface area (Å²) in [4.78, 5) is 0. The van der Waals surface area contributed by atoms with Crippen molar-refractivity contribution in [2.24, 2.45) is 5.92 Å². The van der Waals surface area contributed by atoms with Crippen LogP contribution in [0.3, 0.4) is 0 Å². The van der Waals surface area contributed by atoms with Gasteiger partial charge in [-0.15, -0.1) is 0 Å². The smallest absolute Gasteiger partial charge is 0.281 e. The first-order chi connectivity index (χ1) is 11.0. The first-order valence-electron chi connectivity index (χ1n) is 8.26. The highest BCUT2D eigenvalue weighted by Crippen LogP contribution is 2.27. The second-order valence-corrected chi connectivity index (χ2v) is 8.83. The number of hydrogen-bond acceptors (Lipinski definition) is 4. The fraction of sp³-hybridized carbons (Fsp3) is 0.800. The molecule has 0 aromatic carbocycles. The first kappa shape index (κ1) is 16.9. The second kappa shape index (κ2) is 6.88. The third kappa shape index (κ3) is 3.60. The van der Waals surface area contributed by atoms with E-state index < -0.39 is 10.2 Å². The van der Waals surface area contributed by atoms with Crippen LogP contribution in [0.25, 0.3) is 0 Å². The maximum atomic E-state index is 12.4. The molecule has 0 saturated heterocycles. The van der Waals surface area contributed by atoms with E-state index in [1.807, 2.05) is 10.7 Å². The molecule has 0 amide bonds. The van der Waals surface area contributed by atoms with Crippen molar-refractivity contribution in [1.29, 1.82) is 0 Å². The van der Waals surface area contributed by atoms with E-state index in [1.165, 1.54) is 34.3 Å². The van der Waals surface area contributed by atoms with Gasteiger partial charge in [-0.25, -0.2) is 0 Å². The fourth-order valence-electron chi connectivity index (χ4n) is 3.43. The molecule has 2 heterocycles. The average molecular weight is 342 g/mol. The molecular weight excluding hydrogens is 316 g/mol. The molecule has 1 aromatic rings. The molecule has 1 atom stereocenters. The molecule has 7 nitrogen and oxygen atoms in total. The Morgan fingerprint density at radius 3 is 2.74 bits per heavy atom. The zero-order valence-corrected chi connectivity index (χ0v) is 14.7. The van der Waals surface area contributed by atoms with E-state index >= 15 is 0 Å². The summed E-state index contributed by atoms with van der Waals surface area (Å²) < 4.78 is 35.4. The number of nitrogens with zero attached hydrogens (tertiary/aromatic N) is 4. The maximum Gasteiger partial charge on any atom is 0.281 e. The monoisotopic (exact) mass is 342 g/mol. The number of aromatic nitrogens is 2. The van der Waals surface area contributed by atoms with E-state index in [0.29, 0.717) is 25.6 Å². The van der Waals surface area contributed by atoms with Crippen LogP contribution in [0.4, 0.5) is 0 Å². The molecule has 0 unspecified atom stereocenters. The van der Waals surface area contributed by atoms with Gasteiger partial charge < -0.3 is 4.74 Å². The Labute approximate surface area is 138 Å². The van der Waals surface area contributed by atoms with E-state index in [4.69, 9.17) is 4.74 Å². The van der Waals surface area contributed by atoms with Crippen LogP contribution in [-0.4, -0.2) is 60.7 Å². The standard InChI is InChI=1S/C15H26N4O3S/c1-17(2)23(20,21)18-9-14-7-8-16-19(14)15(10-18)12-22-11-13-5-3-4-6-13/h7-8,13,15H,3-6,9-12H2,1-2H3/t15-/m0/s1. The van der Waals surface area contributed by atoms with Crippen molar-refractivity contribution in [1.82, 2.24) is 18.4 Å². The minimum absolute atomic E-state index is 0.0649. The van der Waals surface area contributed by atoms with Gasteiger partial charge in [0.2, 0.25) is 0 Å². The van der Waals surface area contributed by atoms with Crippen LogP contribution in [0.5, 0.6) is 0 Å². The average Bonchev–Trinajstić information content (AvgIpc) is 3.17. The summed E-state index contributed by atoms with van der Waals surface area (Å²) in [5.41, 5.74) is 0.913. The van der Waals surface area contributed by atoms with Gasteiger partial charge >= 0.3 is 0 Å². The summed E-state index contributed by atoms with van der Waals surface area (Å²) in [6.07, 6.45) is 6.83. The first-order valence-corrected chi connectivity index (χ1v) is 9.66. The molecule has 1 aliphatic heterocycles. The second-order valence-electron chi connectivity index (χ2n) is 6.69. The van der Waals surface area contributed by atoms with Crippen LogP contribution in [-0.2, 0) is 21.5 Å². The molecule has 0 N–H and O–H groups in total. The fourth-order valence-corrected chi connectivity index (χ4v) is 4.55. The summed E-state index contributed by atoms with van der Waals surface area (Å²) >= 11 is 0. The molecular formula is C15H26N4O3S. The molecule has 0 radical (unpaired) electrons. The molecule has 1 fully saturated rings. The van der Waals surface area contributed by atoms with E-state index in [1.54, 1.807) is 20.3 Å². The Morgan fingerprint density at radius 2 is 2.04 bits per heavy atom. The number of ether oxygens (including phenoxy) is 1. The quantitative estimate of drug-likeness (QED) is 0.780. The zero-order chi connectivity index (χ0) is 16.4. The molecule has 8 heteroatoms. The number of rotatable bonds is 6. The predicted octanol–water partition coefficient (Wildman–Crippen LogP) is 1.25. The van der Waals surface area contributed by atoms with Crippen molar-refractivity contribution < 1.29 is 13.2 Å². The van der Waals surface area contributed by atoms with Gasteiger partial charge in [-0.05, 0) is 24.8 Å². The zero-order valence-electron chi connectivity index (χ0n) is 13.9. The highest BCUT2D eigenvalue weighted by atomic mass is 32.2. The summed E-state index contributed by atoms with van der Waals surface area (Å²) in [6, 6.07) is 1.81. The van der Waals surface area contributed by atoms with Crippen LogP contribution in [0.15, 0.2) is 12.3 Å². The summed E-state index contributed by atoms with van der Waals surface area (Å²) in [7, 11) is -0.299. The van der Waals surface area contributed by atoms with Crippen LogP contribution in [0, 0.1) is 5.92 Å². The van der Waals surface area contributed by atoms with Crippen molar-refractivity contribution in [3.8, 4) is 0 Å². The molecule has 2 aliphatic rings. The molecule has 23 heavy (non-hydrogen) atoms. The molecule has 1 saturated carbocycles. The van der Waals surface area contributed by atoms with Gasteiger partial charge in [0.15, 0.2) is 0 Å². The van der Waals surface area contributed by atoms with Crippen molar-refractivity contribution in [2.75, 3.05) is 33.9 Å². The van der Waals surface area contributed by atoms with Gasteiger partial charge in [0.25, 0.3) is 10.2 Å². The lowest BCUT2D eigenvalue weighted by Crippen LogP contribution is -2.47. The molecule has 0 bridgehead atoms. The third-order valence-corrected chi connectivity index (χ3v) is 6.63. The number of fused-ring (bicyclic) bond motifs is 1. The topological polar surface area (TPSA) is 67.7 Å². The lowest BCUT2D eigenvalue weighted by molar-refractivity contribution is 0.0587. The van der Waals surface area contributed by atoms with Gasteiger partial charge in [0, 0.05) is 33.4 Å². The van der Waals surface area contributed by atoms with Crippen LogP contribution in [0.1, 0.15) is 37.4 Å². The van der Waals surface area contributed by atoms with Gasteiger partial charge in [-0.1, -0.05) is 12.8 Å². The van der Waals surface area contributed by atoms with Crippen molar-refractivity contribution in [2.45, 2.75) is 38.3 Å². The SMILES string of the molecule is CN(C)S(=O)(=O)N1Cc2ccnn2[C@H](COCC2CCCC2)C1. The van der Waals surface area contributed by atoms with E-state index in [0.717, 1.165) is 12.3 Å². The van der Waals surface area contributed by atoms with Crippen molar-refractivity contribution >= 4 is 10.2 Å². The van der Waals surface area contributed by atoms with Crippen LogP contribution in [0.2, 0.25) is 0 Å². The number of hydrogen-bond donors (Lipinski definition) is 0. The van der Waals surface area contributed by atoms with E-state index in [9.17, 15) is 8.42 Å². The van der Waals surface area contributed by atoms with Gasteiger partial charge in [-0.2, -0.15) is 22.1 Å². The normalized spacial score (nSPS) is 23.5. The highest BCUT2D eigenvalue weighted by molar-refractivity contribution is 7.86. The van der Waals surface area contributed by atoms with Gasteiger partial charge in [0.1, 0.15) is 0 Å². The van der Waals surface area contributed by atoms with E-state index in [2.05, 4.69) is 5.10 Å². The highest BCUT2D eigenvalue weighted by Gasteiger charge is 2.34. The Morgan fingerprint density at radius 1 is 1.30 bits per heavy atom. The van der Waals surface area contributed by atoms with Crippen LogP contribution < -0.4 is 0 Å². The Hall–Kier alpha value is -0.960. The summed E-state index contributed by atoms with van der Waals surface area (Å²) in [6.45, 7) is 2.04. The van der Waals surface area contributed by atoms with Crippen molar-refractivity contribution in [3.63, 3.8) is 0 Å². The summed E-state index contributed by atoms with van der Waals surface area (Å²) in [5.74, 6) is 0.664. The molecule has 3 rings (SSSR count).